The van der Waals surface area contributed by atoms with Crippen LogP contribution in [-0.2, 0) is 4.79 Å². The molecule has 4 heteroatoms. The fraction of sp³-hybridized carbons (Fsp3) is 0.929. The van der Waals surface area contributed by atoms with E-state index in [0.29, 0.717) is 24.8 Å². The lowest BCUT2D eigenvalue weighted by Crippen LogP contribution is -2.50. The van der Waals surface area contributed by atoms with E-state index in [-0.39, 0.29) is 18.0 Å². The van der Waals surface area contributed by atoms with Crippen LogP contribution in [0.5, 0.6) is 0 Å². The van der Waals surface area contributed by atoms with Crippen LogP contribution in [0.25, 0.3) is 0 Å². The van der Waals surface area contributed by atoms with Gasteiger partial charge >= 0.3 is 0 Å². The summed E-state index contributed by atoms with van der Waals surface area (Å²) in [5.41, 5.74) is 5.85. The Hall–Kier alpha value is -0.610. The van der Waals surface area contributed by atoms with Crippen molar-refractivity contribution < 1.29 is 4.79 Å². The lowest BCUT2D eigenvalue weighted by molar-refractivity contribution is -0.123. The van der Waals surface area contributed by atoms with Crippen molar-refractivity contribution in [3.8, 4) is 0 Å². The van der Waals surface area contributed by atoms with Crippen LogP contribution in [0.3, 0.4) is 0 Å². The first kappa shape index (κ1) is 15.4. The van der Waals surface area contributed by atoms with Gasteiger partial charge in [0.15, 0.2) is 0 Å². The van der Waals surface area contributed by atoms with Crippen LogP contribution in [0.4, 0.5) is 0 Å². The average Bonchev–Trinajstić information content (AvgIpc) is 2.23. The molecular formula is C14H29N3O. The van der Waals surface area contributed by atoms with Crippen molar-refractivity contribution in [2.45, 2.75) is 52.6 Å². The molecule has 0 aromatic heterocycles. The Balaban J connectivity index is 2.51. The molecule has 1 saturated heterocycles. The Morgan fingerprint density at radius 2 is 1.89 bits per heavy atom. The number of carbonyl (C=O) groups excluding carboxylic acids is 1. The van der Waals surface area contributed by atoms with Gasteiger partial charge in [-0.2, -0.15) is 0 Å². The lowest BCUT2D eigenvalue weighted by Gasteiger charge is -2.39. The molecule has 4 nitrogen and oxygen atoms in total. The van der Waals surface area contributed by atoms with Crippen LogP contribution >= 0.6 is 0 Å². The normalized spacial score (nSPS) is 27.2. The molecule has 0 bridgehead atoms. The molecular weight excluding hydrogens is 226 g/mol. The monoisotopic (exact) mass is 255 g/mol. The Morgan fingerprint density at radius 1 is 1.33 bits per heavy atom. The number of likely N-dealkylation sites (tertiary alicyclic amines) is 1. The third-order valence-electron chi connectivity index (χ3n) is 3.56. The van der Waals surface area contributed by atoms with E-state index in [1.54, 1.807) is 0 Å². The van der Waals surface area contributed by atoms with Crippen molar-refractivity contribution >= 4 is 5.91 Å². The largest absolute Gasteiger partial charge is 0.354 e. The van der Waals surface area contributed by atoms with Gasteiger partial charge in [0, 0.05) is 38.1 Å². The molecule has 18 heavy (non-hydrogen) atoms. The molecule has 1 amide bonds. The van der Waals surface area contributed by atoms with E-state index >= 15 is 0 Å². The molecule has 0 saturated carbocycles. The maximum absolute atomic E-state index is 11.8. The Labute approximate surface area is 111 Å². The second kappa shape index (κ2) is 7.10. The predicted octanol–water partition coefficient (Wildman–Crippen LogP) is 1.21. The van der Waals surface area contributed by atoms with Gasteiger partial charge in [-0.1, -0.05) is 13.8 Å². The molecule has 3 unspecified atom stereocenters. The molecule has 0 aromatic rings. The first-order valence-corrected chi connectivity index (χ1v) is 7.15. The van der Waals surface area contributed by atoms with Crippen molar-refractivity contribution in [1.82, 2.24) is 10.2 Å². The van der Waals surface area contributed by atoms with E-state index in [9.17, 15) is 4.79 Å². The van der Waals surface area contributed by atoms with Crippen molar-refractivity contribution in [3.63, 3.8) is 0 Å². The van der Waals surface area contributed by atoms with Gasteiger partial charge < -0.3 is 11.1 Å². The summed E-state index contributed by atoms with van der Waals surface area (Å²) >= 11 is 0. The number of nitrogens with two attached hydrogens (primary N) is 1. The summed E-state index contributed by atoms with van der Waals surface area (Å²) < 4.78 is 0. The van der Waals surface area contributed by atoms with Crippen LogP contribution in [0.2, 0.25) is 0 Å². The smallest absolute Gasteiger partial charge is 0.221 e. The van der Waals surface area contributed by atoms with Crippen LogP contribution < -0.4 is 11.1 Å². The van der Waals surface area contributed by atoms with E-state index in [2.05, 4.69) is 24.1 Å². The highest BCUT2D eigenvalue weighted by Crippen LogP contribution is 2.23. The van der Waals surface area contributed by atoms with Crippen molar-refractivity contribution in [2.75, 3.05) is 19.6 Å². The van der Waals surface area contributed by atoms with Gasteiger partial charge in [0.25, 0.3) is 0 Å². The van der Waals surface area contributed by atoms with E-state index in [1.165, 1.54) is 6.42 Å². The van der Waals surface area contributed by atoms with Crippen LogP contribution in [-0.4, -0.2) is 42.5 Å². The number of nitrogens with one attached hydrogen (secondary N) is 1. The topological polar surface area (TPSA) is 58.4 Å². The Kier molecular flexibility index (Phi) is 6.09. The summed E-state index contributed by atoms with van der Waals surface area (Å²) in [5, 5.41) is 2.95. The lowest BCUT2D eigenvalue weighted by atomic mass is 9.90. The van der Waals surface area contributed by atoms with Gasteiger partial charge in [0.05, 0.1) is 0 Å². The third kappa shape index (κ3) is 4.94. The van der Waals surface area contributed by atoms with Crippen LogP contribution in [0.15, 0.2) is 0 Å². The Bertz CT molecular complexity index is 258. The minimum atomic E-state index is 0.117. The van der Waals surface area contributed by atoms with E-state index in [1.807, 2.05) is 13.8 Å². The molecule has 1 fully saturated rings. The van der Waals surface area contributed by atoms with E-state index in [0.717, 1.165) is 13.1 Å². The molecule has 3 atom stereocenters. The van der Waals surface area contributed by atoms with Crippen molar-refractivity contribution in [2.24, 2.45) is 17.6 Å². The summed E-state index contributed by atoms with van der Waals surface area (Å²) in [6, 6.07) is 0.393. The number of hydrogen-bond donors (Lipinski definition) is 2. The van der Waals surface area contributed by atoms with E-state index in [4.69, 9.17) is 5.73 Å². The highest BCUT2D eigenvalue weighted by Gasteiger charge is 2.28. The second-order valence-corrected chi connectivity index (χ2v) is 6.22. The highest BCUT2D eigenvalue weighted by atomic mass is 16.1. The minimum Gasteiger partial charge on any atom is -0.354 e. The first-order valence-electron chi connectivity index (χ1n) is 7.15. The third-order valence-corrected chi connectivity index (χ3v) is 3.56. The fourth-order valence-corrected chi connectivity index (χ4v) is 2.97. The average molecular weight is 255 g/mol. The molecule has 3 N–H and O–H groups in total. The predicted molar refractivity (Wildman–Crippen MR) is 75.3 cm³/mol. The van der Waals surface area contributed by atoms with Crippen LogP contribution in [0.1, 0.15) is 40.5 Å². The second-order valence-electron chi connectivity index (χ2n) is 6.22. The van der Waals surface area contributed by atoms with Gasteiger partial charge in [0.1, 0.15) is 0 Å². The van der Waals surface area contributed by atoms with Gasteiger partial charge in [-0.05, 0) is 32.1 Å². The maximum atomic E-state index is 11.8. The Morgan fingerprint density at radius 3 is 2.33 bits per heavy atom. The molecule has 0 spiro atoms. The number of nitrogens with zero attached hydrogens (tertiary/aromatic N) is 1. The van der Waals surface area contributed by atoms with Crippen molar-refractivity contribution in [3.05, 3.63) is 0 Å². The first-order chi connectivity index (χ1) is 8.42. The molecule has 1 rings (SSSR count). The zero-order chi connectivity index (χ0) is 13.7. The molecule has 0 aromatic carbocycles. The molecule has 0 radical (unpaired) electrons. The molecule has 0 aliphatic carbocycles. The number of piperidine rings is 1. The number of carbonyl (C=O) groups is 1. The summed E-state index contributed by atoms with van der Waals surface area (Å²) in [5.74, 6) is 1.53. The van der Waals surface area contributed by atoms with Gasteiger partial charge in [-0.3, -0.25) is 9.69 Å². The summed E-state index contributed by atoms with van der Waals surface area (Å²) in [6.45, 7) is 11.2. The quantitative estimate of drug-likeness (QED) is 0.776. The highest BCUT2D eigenvalue weighted by molar-refractivity contribution is 5.76. The van der Waals surface area contributed by atoms with Gasteiger partial charge in [-0.25, -0.2) is 0 Å². The zero-order valence-electron chi connectivity index (χ0n) is 12.3. The number of amides is 1. The SMILES string of the molecule is CC1CC(C)CN(C(CN)CC(=O)NC(C)C)C1. The molecule has 106 valence electrons. The molecule has 1 aliphatic rings. The molecule has 1 heterocycles. The molecule has 1 aliphatic heterocycles. The number of hydrogen-bond acceptors (Lipinski definition) is 3. The fourth-order valence-electron chi connectivity index (χ4n) is 2.97. The minimum absolute atomic E-state index is 0.117. The van der Waals surface area contributed by atoms with Gasteiger partial charge in [-0.15, -0.1) is 0 Å². The standard InChI is InChI=1S/C14H29N3O/c1-10(2)16-14(18)6-13(7-15)17-8-11(3)5-12(4)9-17/h10-13H,5-9,15H2,1-4H3,(H,16,18). The maximum Gasteiger partial charge on any atom is 0.221 e. The van der Waals surface area contributed by atoms with Crippen LogP contribution in [0, 0.1) is 11.8 Å². The summed E-state index contributed by atoms with van der Waals surface area (Å²) in [4.78, 5) is 14.2. The van der Waals surface area contributed by atoms with Gasteiger partial charge in [0.2, 0.25) is 5.91 Å². The summed E-state index contributed by atoms with van der Waals surface area (Å²) in [7, 11) is 0. The number of rotatable bonds is 5. The zero-order valence-corrected chi connectivity index (χ0v) is 12.3. The summed E-state index contributed by atoms with van der Waals surface area (Å²) in [6.07, 6.45) is 1.81. The van der Waals surface area contributed by atoms with Crippen molar-refractivity contribution in [1.29, 1.82) is 0 Å². The van der Waals surface area contributed by atoms with E-state index < -0.39 is 0 Å².